The average Bonchev–Trinajstić information content (AvgIpc) is 2.33. The fourth-order valence-corrected chi connectivity index (χ4v) is 1.81. The number of urea groups is 1. The molecule has 0 unspecified atom stereocenters. The second-order valence-electron chi connectivity index (χ2n) is 5.33. The lowest BCUT2D eigenvalue weighted by Crippen LogP contribution is -2.44. The third kappa shape index (κ3) is 5.44. The molecule has 6 heteroatoms. The van der Waals surface area contributed by atoms with Gasteiger partial charge in [-0.15, -0.1) is 0 Å². The van der Waals surface area contributed by atoms with Gasteiger partial charge in [-0.2, -0.15) is 0 Å². The molecule has 0 saturated carbocycles. The highest BCUT2D eigenvalue weighted by Crippen LogP contribution is 2.15. The Morgan fingerprint density at radius 3 is 2.65 bits per heavy atom. The molecule has 0 spiro atoms. The fourth-order valence-electron chi connectivity index (χ4n) is 1.81. The van der Waals surface area contributed by atoms with Crippen LogP contribution in [0.1, 0.15) is 19.4 Å². The highest BCUT2D eigenvalue weighted by Gasteiger charge is 2.19. The fraction of sp³-hybridized carbons (Fsp3) is 0.500. The van der Waals surface area contributed by atoms with Gasteiger partial charge in [-0.1, -0.05) is 0 Å². The number of likely N-dealkylation sites (N-methyl/N-ethyl adjacent to an activating group) is 1. The molecule has 20 heavy (non-hydrogen) atoms. The summed E-state index contributed by atoms with van der Waals surface area (Å²) in [5.41, 5.74) is -0.361. The van der Waals surface area contributed by atoms with Crippen molar-refractivity contribution in [1.82, 2.24) is 10.2 Å². The minimum Gasteiger partial charge on any atom is -0.497 e. The largest absolute Gasteiger partial charge is 0.497 e. The number of benzene rings is 1. The number of ether oxygens (including phenoxy) is 1. The number of hydrogen-bond acceptors (Lipinski definition) is 3. The number of carbonyl (C=O) groups excluding carboxylic acids is 1. The maximum Gasteiger partial charge on any atom is 0.317 e. The number of rotatable bonds is 5. The molecule has 2 N–H and O–H groups in total. The smallest absolute Gasteiger partial charge is 0.317 e. The Hall–Kier alpha value is -1.82. The minimum absolute atomic E-state index is 0.184. The van der Waals surface area contributed by atoms with Gasteiger partial charge in [0.05, 0.1) is 19.3 Å². The van der Waals surface area contributed by atoms with Crippen LogP contribution < -0.4 is 10.1 Å². The Bertz CT molecular complexity index is 472. The number of carbonyl (C=O) groups is 1. The Kier molecular flexibility index (Phi) is 5.33. The predicted molar refractivity (Wildman–Crippen MR) is 74.1 cm³/mol. The van der Waals surface area contributed by atoms with Crippen molar-refractivity contribution in [3.05, 3.63) is 29.6 Å². The van der Waals surface area contributed by atoms with Crippen molar-refractivity contribution in [2.75, 3.05) is 20.7 Å². The molecular formula is C14H21FN2O3. The van der Waals surface area contributed by atoms with Crippen LogP contribution in [0, 0.1) is 5.82 Å². The first kappa shape index (κ1) is 16.2. The zero-order valence-corrected chi connectivity index (χ0v) is 12.2. The summed E-state index contributed by atoms with van der Waals surface area (Å²) in [6.07, 6.45) is 0. The molecule has 0 saturated heterocycles. The lowest BCUT2D eigenvalue weighted by atomic mass is 10.1. The summed E-state index contributed by atoms with van der Waals surface area (Å²) in [4.78, 5) is 13.2. The summed E-state index contributed by atoms with van der Waals surface area (Å²) < 4.78 is 18.2. The lowest BCUT2D eigenvalue weighted by molar-refractivity contribution is 0.0531. The van der Waals surface area contributed by atoms with Crippen molar-refractivity contribution in [1.29, 1.82) is 0 Å². The average molecular weight is 284 g/mol. The van der Waals surface area contributed by atoms with Crippen LogP contribution in [-0.2, 0) is 6.54 Å². The quantitative estimate of drug-likeness (QED) is 0.866. The minimum atomic E-state index is -0.964. The summed E-state index contributed by atoms with van der Waals surface area (Å²) in [6, 6.07) is 3.92. The Labute approximate surface area is 118 Å². The van der Waals surface area contributed by atoms with E-state index in [1.54, 1.807) is 27.0 Å². The van der Waals surface area contributed by atoms with Crippen LogP contribution in [0.3, 0.4) is 0 Å². The summed E-state index contributed by atoms with van der Waals surface area (Å²) >= 11 is 0. The molecule has 1 aromatic carbocycles. The van der Waals surface area contributed by atoms with E-state index in [-0.39, 0.29) is 19.1 Å². The van der Waals surface area contributed by atoms with Crippen molar-refractivity contribution in [2.45, 2.75) is 26.0 Å². The van der Waals surface area contributed by atoms with Gasteiger partial charge in [0.1, 0.15) is 11.6 Å². The third-order valence-electron chi connectivity index (χ3n) is 2.58. The van der Waals surface area contributed by atoms with E-state index in [1.807, 2.05) is 0 Å². The van der Waals surface area contributed by atoms with Gasteiger partial charge < -0.3 is 20.1 Å². The van der Waals surface area contributed by atoms with Crippen LogP contribution in [0.2, 0.25) is 0 Å². The molecule has 1 aromatic rings. The van der Waals surface area contributed by atoms with E-state index in [0.29, 0.717) is 11.3 Å². The monoisotopic (exact) mass is 284 g/mol. The van der Waals surface area contributed by atoms with Crippen LogP contribution in [0.15, 0.2) is 18.2 Å². The van der Waals surface area contributed by atoms with E-state index < -0.39 is 11.4 Å². The highest BCUT2D eigenvalue weighted by atomic mass is 19.1. The topological polar surface area (TPSA) is 61.8 Å². The Balaban J connectivity index is 2.58. The molecule has 0 atom stereocenters. The number of nitrogens with zero attached hydrogens (tertiary/aromatic N) is 1. The van der Waals surface area contributed by atoms with Crippen molar-refractivity contribution in [3.8, 4) is 5.75 Å². The highest BCUT2D eigenvalue weighted by molar-refractivity contribution is 5.73. The second kappa shape index (κ2) is 6.56. The van der Waals surface area contributed by atoms with Gasteiger partial charge in [-0.25, -0.2) is 9.18 Å². The first-order valence-corrected chi connectivity index (χ1v) is 6.26. The van der Waals surface area contributed by atoms with Gasteiger partial charge in [0.15, 0.2) is 0 Å². The first-order chi connectivity index (χ1) is 9.21. The van der Waals surface area contributed by atoms with E-state index in [4.69, 9.17) is 4.74 Å². The first-order valence-electron chi connectivity index (χ1n) is 6.26. The van der Waals surface area contributed by atoms with Crippen molar-refractivity contribution in [2.24, 2.45) is 0 Å². The molecule has 0 fully saturated rings. The summed E-state index contributed by atoms with van der Waals surface area (Å²) in [5.74, 6) is -0.0162. The maximum atomic E-state index is 13.3. The second-order valence-corrected chi connectivity index (χ2v) is 5.33. The van der Waals surface area contributed by atoms with Crippen molar-refractivity contribution < 1.29 is 19.0 Å². The molecule has 0 heterocycles. The van der Waals surface area contributed by atoms with Gasteiger partial charge in [0.2, 0.25) is 0 Å². The van der Waals surface area contributed by atoms with Crippen LogP contribution >= 0.6 is 0 Å². The van der Waals surface area contributed by atoms with E-state index in [0.717, 1.165) is 0 Å². The Morgan fingerprint density at radius 2 is 2.10 bits per heavy atom. The van der Waals surface area contributed by atoms with Crippen LogP contribution in [0.5, 0.6) is 5.75 Å². The van der Waals surface area contributed by atoms with Gasteiger partial charge in [0, 0.05) is 19.7 Å². The van der Waals surface area contributed by atoms with E-state index in [9.17, 15) is 14.3 Å². The molecule has 0 radical (unpaired) electrons. The molecule has 0 aliphatic rings. The summed E-state index contributed by atoms with van der Waals surface area (Å²) in [7, 11) is 3.04. The predicted octanol–water partition coefficient (Wildman–Crippen LogP) is 1.75. The summed E-state index contributed by atoms with van der Waals surface area (Å²) in [5, 5.41) is 12.3. The van der Waals surface area contributed by atoms with Crippen LogP contribution in [-0.4, -0.2) is 42.3 Å². The van der Waals surface area contributed by atoms with E-state index in [2.05, 4.69) is 5.32 Å². The molecule has 0 aliphatic heterocycles. The van der Waals surface area contributed by atoms with Crippen molar-refractivity contribution >= 4 is 6.03 Å². The van der Waals surface area contributed by atoms with E-state index >= 15 is 0 Å². The standard InChI is InChI=1S/C14H21FN2O3/c1-14(2,19)9-17(3)13(18)16-8-10-5-11(15)7-12(6-10)20-4/h5-7,19H,8-9H2,1-4H3,(H,16,18). The lowest BCUT2D eigenvalue weighted by Gasteiger charge is -2.25. The number of nitrogens with one attached hydrogen (secondary N) is 1. The zero-order valence-electron chi connectivity index (χ0n) is 12.2. The van der Waals surface area contributed by atoms with Gasteiger partial charge in [-0.05, 0) is 31.5 Å². The molecule has 112 valence electrons. The Morgan fingerprint density at radius 1 is 1.45 bits per heavy atom. The molecule has 0 bridgehead atoms. The van der Waals surface area contributed by atoms with E-state index in [1.165, 1.54) is 24.1 Å². The molecule has 2 amide bonds. The van der Waals surface area contributed by atoms with Crippen LogP contribution in [0.4, 0.5) is 9.18 Å². The summed E-state index contributed by atoms with van der Waals surface area (Å²) in [6.45, 7) is 3.62. The molecular weight excluding hydrogens is 263 g/mol. The number of methoxy groups -OCH3 is 1. The zero-order chi connectivity index (χ0) is 15.3. The number of aliphatic hydroxyl groups is 1. The SMILES string of the molecule is COc1cc(F)cc(CNC(=O)N(C)CC(C)(C)O)c1. The normalized spacial score (nSPS) is 11.1. The van der Waals surface area contributed by atoms with Crippen molar-refractivity contribution in [3.63, 3.8) is 0 Å². The van der Waals surface area contributed by atoms with Gasteiger partial charge in [0.25, 0.3) is 0 Å². The molecule has 0 aliphatic carbocycles. The maximum absolute atomic E-state index is 13.3. The molecule has 1 rings (SSSR count). The molecule has 0 aromatic heterocycles. The molecule has 5 nitrogen and oxygen atoms in total. The van der Waals surface area contributed by atoms with Gasteiger partial charge >= 0.3 is 6.03 Å². The van der Waals surface area contributed by atoms with Crippen LogP contribution in [0.25, 0.3) is 0 Å². The number of hydrogen-bond donors (Lipinski definition) is 2. The number of halogens is 1. The third-order valence-corrected chi connectivity index (χ3v) is 2.58. The van der Waals surface area contributed by atoms with Gasteiger partial charge in [-0.3, -0.25) is 0 Å². The number of amides is 2.